The highest BCUT2D eigenvalue weighted by Crippen LogP contribution is 1.95. The van der Waals surface area contributed by atoms with E-state index in [-0.39, 0.29) is 13.0 Å². The summed E-state index contributed by atoms with van der Waals surface area (Å²) in [6.07, 6.45) is 3.07. The molecule has 0 bridgehead atoms. The van der Waals surface area contributed by atoms with Crippen LogP contribution in [0.4, 0.5) is 0 Å². The predicted molar refractivity (Wildman–Crippen MR) is 66.2 cm³/mol. The van der Waals surface area contributed by atoms with Crippen molar-refractivity contribution in [1.29, 1.82) is 0 Å². The lowest BCUT2D eigenvalue weighted by atomic mass is 10.2. The van der Waals surface area contributed by atoms with Gasteiger partial charge >= 0.3 is 5.97 Å². The van der Waals surface area contributed by atoms with Gasteiger partial charge in [0.25, 0.3) is 0 Å². The van der Waals surface area contributed by atoms with Crippen LogP contribution in [0.2, 0.25) is 0 Å². The predicted octanol–water partition coefficient (Wildman–Crippen LogP) is 0.0362. The normalized spacial score (nSPS) is 10.7. The number of hydrogen-bond donors (Lipinski definition) is 2. The molecule has 0 aliphatic heterocycles. The van der Waals surface area contributed by atoms with Crippen molar-refractivity contribution in [2.75, 3.05) is 6.54 Å². The summed E-state index contributed by atoms with van der Waals surface area (Å²) in [6.45, 7) is 9.90. The topological polar surface area (TPSA) is 84.5 Å². The minimum absolute atomic E-state index is 0.0800. The van der Waals surface area contributed by atoms with Crippen LogP contribution in [-0.4, -0.2) is 30.4 Å². The first kappa shape index (κ1) is 15.6. The van der Waals surface area contributed by atoms with E-state index in [9.17, 15) is 14.4 Å². The maximum atomic E-state index is 11.2. The molecular formula is C12H16N2O4. The Labute approximate surface area is 105 Å². The SMILES string of the molecule is C=COC(=O)CC(CNC(=O)C=C)NC(=O)C=C. The molecule has 0 aromatic carbocycles. The van der Waals surface area contributed by atoms with Gasteiger partial charge in [-0.2, -0.15) is 0 Å². The fourth-order valence-electron chi connectivity index (χ4n) is 1.07. The Hall–Kier alpha value is -2.37. The summed E-state index contributed by atoms with van der Waals surface area (Å²) >= 11 is 0. The molecule has 1 atom stereocenters. The summed E-state index contributed by atoms with van der Waals surface area (Å²) in [4.78, 5) is 33.4. The van der Waals surface area contributed by atoms with E-state index in [4.69, 9.17) is 0 Å². The Bertz CT molecular complexity index is 363. The van der Waals surface area contributed by atoms with Crippen LogP contribution in [0.5, 0.6) is 0 Å². The van der Waals surface area contributed by atoms with Crippen molar-refractivity contribution in [2.24, 2.45) is 0 Å². The summed E-state index contributed by atoms with van der Waals surface area (Å²) in [5.41, 5.74) is 0. The second kappa shape index (κ2) is 8.74. The summed E-state index contributed by atoms with van der Waals surface area (Å²) in [5.74, 6) is -1.41. The Morgan fingerprint density at radius 3 is 2.22 bits per heavy atom. The van der Waals surface area contributed by atoms with E-state index < -0.39 is 23.8 Å². The Balaban J connectivity index is 4.40. The first-order valence-corrected chi connectivity index (χ1v) is 5.17. The summed E-state index contributed by atoms with van der Waals surface area (Å²) in [5, 5.41) is 4.96. The van der Waals surface area contributed by atoms with Crippen LogP contribution in [0.3, 0.4) is 0 Å². The number of rotatable bonds is 8. The van der Waals surface area contributed by atoms with Gasteiger partial charge in [0.1, 0.15) is 0 Å². The lowest BCUT2D eigenvalue weighted by Gasteiger charge is -2.16. The molecule has 0 radical (unpaired) electrons. The van der Waals surface area contributed by atoms with Crippen LogP contribution in [0.15, 0.2) is 38.2 Å². The molecule has 0 aromatic rings. The highest BCUT2D eigenvalue weighted by atomic mass is 16.5. The van der Waals surface area contributed by atoms with Gasteiger partial charge in [-0.25, -0.2) is 0 Å². The van der Waals surface area contributed by atoms with Crippen LogP contribution in [0.25, 0.3) is 0 Å². The molecule has 1 unspecified atom stereocenters. The zero-order valence-corrected chi connectivity index (χ0v) is 9.98. The molecule has 2 N–H and O–H groups in total. The van der Waals surface area contributed by atoms with Crippen molar-refractivity contribution in [3.63, 3.8) is 0 Å². The van der Waals surface area contributed by atoms with E-state index in [1.54, 1.807) is 0 Å². The summed E-state index contributed by atoms with van der Waals surface area (Å²) in [7, 11) is 0. The third-order valence-electron chi connectivity index (χ3n) is 1.87. The van der Waals surface area contributed by atoms with Crippen LogP contribution in [0.1, 0.15) is 6.42 Å². The Morgan fingerprint density at radius 1 is 1.11 bits per heavy atom. The molecule has 0 saturated carbocycles. The molecule has 0 aromatic heterocycles. The van der Waals surface area contributed by atoms with E-state index in [2.05, 4.69) is 35.1 Å². The minimum atomic E-state index is -0.591. The molecule has 0 spiro atoms. The van der Waals surface area contributed by atoms with Crippen LogP contribution in [-0.2, 0) is 19.1 Å². The molecule has 98 valence electrons. The zero-order chi connectivity index (χ0) is 14.0. The zero-order valence-electron chi connectivity index (χ0n) is 9.98. The van der Waals surface area contributed by atoms with Gasteiger partial charge < -0.3 is 15.4 Å². The number of amides is 2. The summed E-state index contributed by atoms with van der Waals surface area (Å²) < 4.78 is 4.54. The minimum Gasteiger partial charge on any atom is -0.435 e. The van der Waals surface area contributed by atoms with Crippen molar-refractivity contribution in [1.82, 2.24) is 10.6 Å². The number of ether oxygens (including phenoxy) is 1. The van der Waals surface area contributed by atoms with Gasteiger partial charge in [0.05, 0.1) is 18.7 Å². The molecule has 2 amide bonds. The smallest absolute Gasteiger partial charge is 0.312 e. The van der Waals surface area contributed by atoms with Gasteiger partial charge in [0.15, 0.2) is 0 Å². The van der Waals surface area contributed by atoms with Gasteiger partial charge in [-0.05, 0) is 12.2 Å². The van der Waals surface area contributed by atoms with Crippen molar-refractivity contribution >= 4 is 17.8 Å². The van der Waals surface area contributed by atoms with Crippen molar-refractivity contribution in [3.05, 3.63) is 38.2 Å². The molecule has 0 saturated heterocycles. The van der Waals surface area contributed by atoms with Crippen molar-refractivity contribution in [2.45, 2.75) is 12.5 Å². The fourth-order valence-corrected chi connectivity index (χ4v) is 1.07. The van der Waals surface area contributed by atoms with Gasteiger partial charge in [-0.3, -0.25) is 14.4 Å². The number of carbonyl (C=O) groups is 3. The first-order valence-electron chi connectivity index (χ1n) is 5.17. The van der Waals surface area contributed by atoms with Crippen molar-refractivity contribution < 1.29 is 19.1 Å². The number of nitrogens with one attached hydrogen (secondary N) is 2. The molecule has 6 nitrogen and oxygen atoms in total. The van der Waals surface area contributed by atoms with E-state index in [0.29, 0.717) is 0 Å². The van der Waals surface area contributed by atoms with Gasteiger partial charge in [-0.15, -0.1) is 0 Å². The second-order valence-electron chi connectivity index (χ2n) is 3.22. The lowest BCUT2D eigenvalue weighted by molar-refractivity contribution is -0.138. The number of esters is 1. The molecule has 0 rings (SSSR count). The van der Waals surface area contributed by atoms with Crippen molar-refractivity contribution in [3.8, 4) is 0 Å². The van der Waals surface area contributed by atoms with E-state index in [1.807, 2.05) is 0 Å². The Kier molecular flexibility index (Phi) is 7.59. The van der Waals surface area contributed by atoms with E-state index in [0.717, 1.165) is 18.4 Å². The molecule has 0 fully saturated rings. The number of hydrogen-bond acceptors (Lipinski definition) is 4. The quantitative estimate of drug-likeness (QED) is 0.363. The van der Waals surface area contributed by atoms with E-state index in [1.165, 1.54) is 0 Å². The van der Waals surface area contributed by atoms with Crippen LogP contribution >= 0.6 is 0 Å². The first-order chi connectivity index (χ1) is 8.53. The van der Waals surface area contributed by atoms with Crippen LogP contribution in [0, 0.1) is 0 Å². The maximum Gasteiger partial charge on any atom is 0.312 e. The highest BCUT2D eigenvalue weighted by molar-refractivity contribution is 5.88. The van der Waals surface area contributed by atoms with Gasteiger partial charge in [-0.1, -0.05) is 19.7 Å². The molecule has 18 heavy (non-hydrogen) atoms. The van der Waals surface area contributed by atoms with Crippen LogP contribution < -0.4 is 10.6 Å². The average molecular weight is 252 g/mol. The molecule has 0 heterocycles. The standard InChI is InChI=1S/C12H16N2O4/c1-4-10(15)13-8-9(14-11(16)5-2)7-12(17)18-6-3/h4-6,9H,1-3,7-8H2,(H,13,15)(H,14,16). The number of carbonyl (C=O) groups excluding carboxylic acids is 3. The lowest BCUT2D eigenvalue weighted by Crippen LogP contribution is -2.44. The maximum absolute atomic E-state index is 11.2. The Morgan fingerprint density at radius 2 is 1.72 bits per heavy atom. The average Bonchev–Trinajstić information content (AvgIpc) is 2.35. The molecular weight excluding hydrogens is 236 g/mol. The summed E-state index contributed by atoms with van der Waals surface area (Å²) in [6, 6.07) is -0.591. The van der Waals surface area contributed by atoms with Gasteiger partial charge in [0.2, 0.25) is 11.8 Å². The highest BCUT2D eigenvalue weighted by Gasteiger charge is 2.16. The molecule has 0 aliphatic carbocycles. The third-order valence-corrected chi connectivity index (χ3v) is 1.87. The largest absolute Gasteiger partial charge is 0.435 e. The second-order valence-corrected chi connectivity index (χ2v) is 3.22. The monoisotopic (exact) mass is 252 g/mol. The fraction of sp³-hybridized carbons (Fsp3) is 0.250. The van der Waals surface area contributed by atoms with E-state index >= 15 is 0 Å². The third kappa shape index (κ3) is 7.00. The molecule has 6 heteroatoms. The van der Waals surface area contributed by atoms with Gasteiger partial charge in [0, 0.05) is 6.54 Å². The molecule has 0 aliphatic rings.